The zero-order valence-corrected chi connectivity index (χ0v) is 13.6. The van der Waals surface area contributed by atoms with Crippen LogP contribution in [-0.2, 0) is 12.8 Å². The lowest BCUT2D eigenvalue weighted by Gasteiger charge is -2.12. The highest BCUT2D eigenvalue weighted by molar-refractivity contribution is 5.73. The van der Waals surface area contributed by atoms with Crippen molar-refractivity contribution in [2.45, 2.75) is 46.5 Å². The lowest BCUT2D eigenvalue weighted by molar-refractivity contribution is 0.916. The van der Waals surface area contributed by atoms with Crippen molar-refractivity contribution in [3.8, 4) is 0 Å². The standard InChI is InChI=1S/C21H26/c1-5-9-20-14-18-12-8-13-19(18)15-21(20)17(4)11-7-10-16(3)6-2/h7-8,10-12,14-15H,3,5-6,9,13H2,1-2,4H3/b10-7-,17-11+. The van der Waals surface area contributed by atoms with Gasteiger partial charge in [-0.05, 0) is 54.0 Å². The zero-order valence-electron chi connectivity index (χ0n) is 13.6. The third-order valence-electron chi connectivity index (χ3n) is 4.08. The molecule has 0 amide bonds. The summed E-state index contributed by atoms with van der Waals surface area (Å²) in [7, 11) is 0. The number of hydrogen-bond acceptors (Lipinski definition) is 0. The van der Waals surface area contributed by atoms with Crippen LogP contribution in [0.3, 0.4) is 0 Å². The summed E-state index contributed by atoms with van der Waals surface area (Å²) < 4.78 is 0. The fraction of sp³-hybridized carbons (Fsp3) is 0.333. The summed E-state index contributed by atoms with van der Waals surface area (Å²) in [6, 6.07) is 4.76. The lowest BCUT2D eigenvalue weighted by atomic mass is 9.92. The average Bonchev–Trinajstić information content (AvgIpc) is 2.93. The molecule has 0 saturated carbocycles. The van der Waals surface area contributed by atoms with Crippen molar-refractivity contribution in [2.24, 2.45) is 0 Å². The maximum absolute atomic E-state index is 4.01. The van der Waals surface area contributed by atoms with E-state index in [2.05, 4.69) is 69.9 Å². The van der Waals surface area contributed by atoms with E-state index in [0.29, 0.717) is 0 Å². The molecule has 0 spiro atoms. The van der Waals surface area contributed by atoms with Crippen LogP contribution < -0.4 is 0 Å². The number of aryl methyl sites for hydroxylation is 1. The molecule has 0 atom stereocenters. The van der Waals surface area contributed by atoms with Gasteiger partial charge in [-0.15, -0.1) is 0 Å². The Morgan fingerprint density at radius 1 is 1.29 bits per heavy atom. The molecule has 1 aromatic rings. The Kier molecular flexibility index (Phi) is 5.38. The molecular weight excluding hydrogens is 252 g/mol. The molecule has 1 aliphatic rings. The largest absolute Gasteiger partial charge is 0.0958 e. The Labute approximate surface area is 129 Å². The van der Waals surface area contributed by atoms with E-state index in [1.54, 1.807) is 0 Å². The summed E-state index contributed by atoms with van der Waals surface area (Å²) >= 11 is 0. The van der Waals surface area contributed by atoms with Gasteiger partial charge in [0.2, 0.25) is 0 Å². The van der Waals surface area contributed by atoms with Crippen LogP contribution in [0, 0.1) is 0 Å². The van der Waals surface area contributed by atoms with Gasteiger partial charge in [0.25, 0.3) is 0 Å². The quantitative estimate of drug-likeness (QED) is 0.549. The molecule has 0 aromatic heterocycles. The highest BCUT2D eigenvalue weighted by Crippen LogP contribution is 2.29. The van der Waals surface area contributed by atoms with E-state index in [9.17, 15) is 0 Å². The van der Waals surface area contributed by atoms with Crippen molar-refractivity contribution in [1.82, 2.24) is 0 Å². The number of allylic oxidation sites excluding steroid dienone is 6. The van der Waals surface area contributed by atoms with Gasteiger partial charge in [0.05, 0.1) is 0 Å². The monoisotopic (exact) mass is 278 g/mol. The molecule has 0 radical (unpaired) electrons. The minimum absolute atomic E-state index is 1.01. The molecule has 1 aromatic carbocycles. The molecule has 2 rings (SSSR count). The molecule has 0 N–H and O–H groups in total. The Morgan fingerprint density at radius 2 is 2.10 bits per heavy atom. The Balaban J connectivity index is 2.31. The van der Waals surface area contributed by atoms with Crippen LogP contribution in [0.15, 0.2) is 48.6 Å². The number of benzene rings is 1. The molecule has 0 heterocycles. The van der Waals surface area contributed by atoms with Crippen LogP contribution in [0.25, 0.3) is 11.6 Å². The normalized spacial score (nSPS) is 14.0. The molecule has 21 heavy (non-hydrogen) atoms. The second kappa shape index (κ2) is 7.26. The van der Waals surface area contributed by atoms with Crippen molar-refractivity contribution in [1.29, 1.82) is 0 Å². The van der Waals surface area contributed by atoms with Crippen LogP contribution in [0.5, 0.6) is 0 Å². The van der Waals surface area contributed by atoms with Gasteiger partial charge in [-0.2, -0.15) is 0 Å². The van der Waals surface area contributed by atoms with Gasteiger partial charge in [0.15, 0.2) is 0 Å². The van der Waals surface area contributed by atoms with Crippen LogP contribution in [0.1, 0.15) is 55.9 Å². The van der Waals surface area contributed by atoms with Crippen LogP contribution in [0.2, 0.25) is 0 Å². The second-order valence-electron chi connectivity index (χ2n) is 5.79. The molecule has 0 aliphatic heterocycles. The zero-order chi connectivity index (χ0) is 15.2. The predicted molar refractivity (Wildman–Crippen MR) is 95.4 cm³/mol. The third kappa shape index (κ3) is 3.85. The summed E-state index contributed by atoms with van der Waals surface area (Å²) in [6.45, 7) is 10.6. The fourth-order valence-corrected chi connectivity index (χ4v) is 2.73. The van der Waals surface area contributed by atoms with Crippen molar-refractivity contribution >= 4 is 11.6 Å². The summed E-state index contributed by atoms with van der Waals surface area (Å²) in [4.78, 5) is 0. The van der Waals surface area contributed by atoms with Gasteiger partial charge in [0, 0.05) is 0 Å². The number of hydrogen-bond donors (Lipinski definition) is 0. The van der Waals surface area contributed by atoms with Gasteiger partial charge in [-0.1, -0.05) is 74.9 Å². The van der Waals surface area contributed by atoms with Crippen LogP contribution >= 0.6 is 0 Å². The smallest absolute Gasteiger partial charge is 0.00880 e. The van der Waals surface area contributed by atoms with E-state index in [1.165, 1.54) is 39.8 Å². The minimum Gasteiger partial charge on any atom is -0.0958 e. The maximum Gasteiger partial charge on any atom is -0.00880 e. The van der Waals surface area contributed by atoms with Crippen molar-refractivity contribution in [3.05, 3.63) is 70.8 Å². The fourth-order valence-electron chi connectivity index (χ4n) is 2.73. The van der Waals surface area contributed by atoms with E-state index in [-0.39, 0.29) is 0 Å². The molecular formula is C21H26. The third-order valence-corrected chi connectivity index (χ3v) is 4.08. The number of fused-ring (bicyclic) bond motifs is 1. The molecule has 110 valence electrons. The molecule has 1 aliphatic carbocycles. The summed E-state index contributed by atoms with van der Waals surface area (Å²) in [5.41, 5.74) is 8.26. The summed E-state index contributed by atoms with van der Waals surface area (Å²) in [5, 5.41) is 0. The molecule has 0 unspecified atom stereocenters. The molecule has 0 nitrogen and oxygen atoms in total. The first-order valence-corrected chi connectivity index (χ1v) is 8.01. The second-order valence-corrected chi connectivity index (χ2v) is 5.79. The predicted octanol–water partition coefficient (Wildman–Crippen LogP) is 6.13. The van der Waals surface area contributed by atoms with E-state index >= 15 is 0 Å². The van der Waals surface area contributed by atoms with Gasteiger partial charge in [0.1, 0.15) is 0 Å². The minimum atomic E-state index is 1.01. The molecule has 0 fully saturated rings. The van der Waals surface area contributed by atoms with Crippen molar-refractivity contribution < 1.29 is 0 Å². The van der Waals surface area contributed by atoms with Gasteiger partial charge < -0.3 is 0 Å². The Morgan fingerprint density at radius 3 is 2.81 bits per heavy atom. The Bertz CT molecular complexity index is 609. The SMILES string of the molecule is C=C(/C=C\C=C(/C)c1cc2c(cc1CCC)C=CC2)CC. The molecule has 0 bridgehead atoms. The highest BCUT2D eigenvalue weighted by atomic mass is 14.2. The first kappa shape index (κ1) is 15.6. The number of rotatable bonds is 6. The van der Waals surface area contributed by atoms with E-state index in [0.717, 1.165) is 19.3 Å². The topological polar surface area (TPSA) is 0 Å². The van der Waals surface area contributed by atoms with Gasteiger partial charge in [-0.3, -0.25) is 0 Å². The molecule has 0 saturated heterocycles. The Hall–Kier alpha value is -1.82. The highest BCUT2D eigenvalue weighted by Gasteiger charge is 2.11. The van der Waals surface area contributed by atoms with Gasteiger partial charge >= 0.3 is 0 Å². The maximum atomic E-state index is 4.01. The summed E-state index contributed by atoms with van der Waals surface area (Å²) in [5.74, 6) is 0. The first-order valence-electron chi connectivity index (χ1n) is 8.01. The van der Waals surface area contributed by atoms with Crippen molar-refractivity contribution in [3.63, 3.8) is 0 Å². The van der Waals surface area contributed by atoms with E-state index in [4.69, 9.17) is 0 Å². The average molecular weight is 278 g/mol. The van der Waals surface area contributed by atoms with Crippen LogP contribution in [0.4, 0.5) is 0 Å². The first-order chi connectivity index (χ1) is 10.2. The van der Waals surface area contributed by atoms with E-state index < -0.39 is 0 Å². The van der Waals surface area contributed by atoms with Crippen LogP contribution in [-0.4, -0.2) is 0 Å². The summed E-state index contributed by atoms with van der Waals surface area (Å²) in [6.07, 6.45) is 15.4. The van der Waals surface area contributed by atoms with E-state index in [1.807, 2.05) is 0 Å². The van der Waals surface area contributed by atoms with Gasteiger partial charge in [-0.25, -0.2) is 0 Å². The van der Waals surface area contributed by atoms with Crippen molar-refractivity contribution in [2.75, 3.05) is 0 Å². The molecule has 0 heteroatoms. The lowest BCUT2D eigenvalue weighted by Crippen LogP contribution is -1.96.